The summed E-state index contributed by atoms with van der Waals surface area (Å²) >= 11 is 0. The number of likely N-dealkylation sites (N-methyl/N-ethyl adjacent to an activating group) is 1. The SMILES string of the molecule is CC(C)N1C[C@@]2(C)CN(C)[C@@]2(C)C1. The molecule has 0 aliphatic carbocycles. The lowest BCUT2D eigenvalue weighted by Gasteiger charge is -2.58. The van der Waals surface area contributed by atoms with Crippen LogP contribution in [0.25, 0.3) is 0 Å². The van der Waals surface area contributed by atoms with Crippen LogP contribution in [-0.2, 0) is 0 Å². The average Bonchev–Trinajstić information content (AvgIpc) is 2.22. The largest absolute Gasteiger partial charge is 0.298 e. The second kappa shape index (κ2) is 2.48. The molecule has 76 valence electrons. The first-order valence-corrected chi connectivity index (χ1v) is 5.34. The summed E-state index contributed by atoms with van der Waals surface area (Å²) in [6, 6.07) is 0.702. The number of likely N-dealkylation sites (tertiary alicyclic amines) is 2. The number of hydrogen-bond acceptors (Lipinski definition) is 2. The maximum atomic E-state index is 2.61. The van der Waals surface area contributed by atoms with Crippen LogP contribution < -0.4 is 0 Å². The number of hydrogen-bond donors (Lipinski definition) is 0. The van der Waals surface area contributed by atoms with Gasteiger partial charge in [-0.15, -0.1) is 0 Å². The fraction of sp³-hybridized carbons (Fsp3) is 1.00. The minimum atomic E-state index is 0.442. The van der Waals surface area contributed by atoms with Crippen molar-refractivity contribution < 1.29 is 0 Å². The van der Waals surface area contributed by atoms with Crippen molar-refractivity contribution in [2.75, 3.05) is 26.7 Å². The molecule has 0 unspecified atom stereocenters. The van der Waals surface area contributed by atoms with Crippen molar-refractivity contribution in [2.24, 2.45) is 5.41 Å². The van der Waals surface area contributed by atoms with Crippen LogP contribution in [0.4, 0.5) is 0 Å². The van der Waals surface area contributed by atoms with Crippen molar-refractivity contribution in [3.8, 4) is 0 Å². The molecule has 2 aliphatic heterocycles. The zero-order valence-electron chi connectivity index (χ0n) is 9.59. The molecule has 2 heteroatoms. The lowest BCUT2D eigenvalue weighted by molar-refractivity contribution is -0.0828. The fourth-order valence-electron chi connectivity index (χ4n) is 3.03. The molecular weight excluding hydrogens is 160 g/mol. The van der Waals surface area contributed by atoms with Crippen molar-refractivity contribution >= 4 is 0 Å². The molecule has 0 spiro atoms. The maximum Gasteiger partial charge on any atom is 0.0383 e. The Bertz CT molecular complexity index is 226. The highest BCUT2D eigenvalue weighted by Gasteiger charge is 2.62. The molecular formula is C11H22N2. The Balaban J connectivity index is 2.17. The van der Waals surface area contributed by atoms with Crippen LogP contribution in [0.1, 0.15) is 27.7 Å². The van der Waals surface area contributed by atoms with E-state index in [0.717, 1.165) is 0 Å². The molecule has 0 amide bonds. The van der Waals surface area contributed by atoms with Crippen LogP contribution in [0.15, 0.2) is 0 Å². The molecule has 2 nitrogen and oxygen atoms in total. The van der Waals surface area contributed by atoms with Gasteiger partial charge in [0.25, 0.3) is 0 Å². The van der Waals surface area contributed by atoms with E-state index in [2.05, 4.69) is 44.5 Å². The summed E-state index contributed by atoms with van der Waals surface area (Å²) in [4.78, 5) is 5.12. The van der Waals surface area contributed by atoms with Crippen LogP contribution in [0.2, 0.25) is 0 Å². The van der Waals surface area contributed by atoms with Crippen molar-refractivity contribution in [2.45, 2.75) is 39.3 Å². The van der Waals surface area contributed by atoms with Crippen molar-refractivity contribution in [1.29, 1.82) is 0 Å². The molecule has 0 N–H and O–H groups in total. The van der Waals surface area contributed by atoms with Crippen LogP contribution in [-0.4, -0.2) is 48.1 Å². The molecule has 0 aromatic rings. The van der Waals surface area contributed by atoms with Gasteiger partial charge in [-0.3, -0.25) is 9.80 Å². The maximum absolute atomic E-state index is 2.61. The first-order chi connectivity index (χ1) is 5.89. The van der Waals surface area contributed by atoms with Gasteiger partial charge in [-0.25, -0.2) is 0 Å². The smallest absolute Gasteiger partial charge is 0.0383 e. The van der Waals surface area contributed by atoms with E-state index in [1.807, 2.05) is 0 Å². The third kappa shape index (κ3) is 1.02. The Labute approximate surface area is 81.9 Å². The minimum absolute atomic E-state index is 0.442. The van der Waals surface area contributed by atoms with E-state index < -0.39 is 0 Å². The van der Waals surface area contributed by atoms with E-state index in [1.54, 1.807) is 0 Å². The highest BCUT2D eigenvalue weighted by molar-refractivity contribution is 5.17. The second-order valence-corrected chi connectivity index (χ2v) is 5.69. The Kier molecular flexibility index (Phi) is 1.81. The second-order valence-electron chi connectivity index (χ2n) is 5.69. The number of nitrogens with zero attached hydrogens (tertiary/aromatic N) is 2. The standard InChI is InChI=1S/C11H22N2/c1-9(2)13-7-10(3)6-12(5)11(10,4)8-13/h9H,6-8H2,1-5H3/t10-,11+/m1/s1. The molecule has 2 saturated heterocycles. The monoisotopic (exact) mass is 182 g/mol. The molecule has 0 aromatic carbocycles. The Morgan fingerprint density at radius 2 is 1.69 bits per heavy atom. The van der Waals surface area contributed by atoms with E-state index >= 15 is 0 Å². The van der Waals surface area contributed by atoms with E-state index in [0.29, 0.717) is 17.0 Å². The molecule has 13 heavy (non-hydrogen) atoms. The Hall–Kier alpha value is -0.0800. The summed E-state index contributed by atoms with van der Waals surface area (Å²) in [5.74, 6) is 0. The third-order valence-electron chi connectivity index (χ3n) is 4.52. The van der Waals surface area contributed by atoms with E-state index in [9.17, 15) is 0 Å². The molecule has 2 aliphatic rings. The highest BCUT2D eigenvalue weighted by Crippen LogP contribution is 2.51. The van der Waals surface area contributed by atoms with Gasteiger partial charge in [0.1, 0.15) is 0 Å². The molecule has 0 bridgehead atoms. The van der Waals surface area contributed by atoms with Crippen molar-refractivity contribution in [3.63, 3.8) is 0 Å². The van der Waals surface area contributed by atoms with Crippen LogP contribution >= 0.6 is 0 Å². The van der Waals surface area contributed by atoms with E-state index in [-0.39, 0.29) is 0 Å². The lowest BCUT2D eigenvalue weighted by Crippen LogP contribution is -2.69. The first kappa shape index (κ1) is 9.47. The highest BCUT2D eigenvalue weighted by atomic mass is 15.4. The zero-order valence-corrected chi connectivity index (χ0v) is 9.59. The molecule has 2 rings (SSSR count). The van der Waals surface area contributed by atoms with E-state index in [1.165, 1.54) is 19.6 Å². The summed E-state index contributed by atoms with van der Waals surface area (Å²) < 4.78 is 0. The average molecular weight is 182 g/mol. The molecule has 2 atom stereocenters. The van der Waals surface area contributed by atoms with Gasteiger partial charge in [0.2, 0.25) is 0 Å². The number of rotatable bonds is 1. The topological polar surface area (TPSA) is 6.48 Å². The summed E-state index contributed by atoms with van der Waals surface area (Å²) in [5, 5.41) is 0. The molecule has 2 fully saturated rings. The van der Waals surface area contributed by atoms with Crippen molar-refractivity contribution in [3.05, 3.63) is 0 Å². The fourth-order valence-corrected chi connectivity index (χ4v) is 3.03. The third-order valence-corrected chi connectivity index (χ3v) is 4.52. The van der Waals surface area contributed by atoms with Gasteiger partial charge in [-0.05, 0) is 27.8 Å². The van der Waals surface area contributed by atoms with Gasteiger partial charge in [0, 0.05) is 36.6 Å². The van der Waals surface area contributed by atoms with E-state index in [4.69, 9.17) is 0 Å². The van der Waals surface area contributed by atoms with Gasteiger partial charge < -0.3 is 0 Å². The Morgan fingerprint density at radius 1 is 1.08 bits per heavy atom. The summed E-state index contributed by atoms with van der Waals surface area (Å²) in [7, 11) is 2.26. The van der Waals surface area contributed by atoms with Crippen molar-refractivity contribution in [1.82, 2.24) is 9.80 Å². The molecule has 0 saturated carbocycles. The van der Waals surface area contributed by atoms with Crippen LogP contribution in [0.3, 0.4) is 0 Å². The van der Waals surface area contributed by atoms with Gasteiger partial charge >= 0.3 is 0 Å². The van der Waals surface area contributed by atoms with Gasteiger partial charge in [-0.2, -0.15) is 0 Å². The van der Waals surface area contributed by atoms with Crippen LogP contribution in [0.5, 0.6) is 0 Å². The minimum Gasteiger partial charge on any atom is -0.298 e. The molecule has 0 radical (unpaired) electrons. The zero-order chi connectivity index (χ0) is 9.85. The lowest BCUT2D eigenvalue weighted by atomic mass is 9.66. The summed E-state index contributed by atoms with van der Waals surface area (Å²) in [6.07, 6.45) is 0. The summed E-state index contributed by atoms with van der Waals surface area (Å²) in [6.45, 7) is 13.3. The number of fused-ring (bicyclic) bond motifs is 1. The molecule has 2 heterocycles. The van der Waals surface area contributed by atoms with Gasteiger partial charge in [0.05, 0.1) is 0 Å². The Morgan fingerprint density at radius 3 is 2.08 bits per heavy atom. The molecule has 0 aromatic heterocycles. The predicted molar refractivity (Wildman–Crippen MR) is 55.9 cm³/mol. The predicted octanol–water partition coefficient (Wildman–Crippen LogP) is 1.42. The van der Waals surface area contributed by atoms with Gasteiger partial charge in [0.15, 0.2) is 0 Å². The first-order valence-electron chi connectivity index (χ1n) is 5.34. The van der Waals surface area contributed by atoms with Crippen LogP contribution in [0, 0.1) is 5.41 Å². The quantitative estimate of drug-likeness (QED) is 0.605. The van der Waals surface area contributed by atoms with Gasteiger partial charge in [-0.1, -0.05) is 6.92 Å². The normalized spacial score (nSPS) is 46.6. The summed E-state index contributed by atoms with van der Waals surface area (Å²) in [5.41, 5.74) is 0.989.